The van der Waals surface area contributed by atoms with Gasteiger partial charge in [0.1, 0.15) is 5.82 Å². The molecule has 0 aliphatic rings. The summed E-state index contributed by atoms with van der Waals surface area (Å²) in [5.74, 6) is -1.04. The Hall–Kier alpha value is -2.89. The number of carbonyl (C=O) groups is 1. The van der Waals surface area contributed by atoms with Crippen LogP contribution < -0.4 is 16.8 Å². The SMILES string of the molecule is NC(N)=Nc1cccc(C(=O)Nc2ccccc2F)c1. The maximum absolute atomic E-state index is 13.4. The van der Waals surface area contributed by atoms with Crippen LogP contribution in [0.5, 0.6) is 0 Å². The molecule has 2 rings (SSSR count). The van der Waals surface area contributed by atoms with Crippen LogP contribution in [-0.2, 0) is 0 Å². The highest BCUT2D eigenvalue weighted by Crippen LogP contribution is 2.17. The number of anilines is 1. The van der Waals surface area contributed by atoms with Gasteiger partial charge in [-0.05, 0) is 30.3 Å². The molecule has 20 heavy (non-hydrogen) atoms. The number of para-hydroxylation sites is 1. The molecule has 0 aliphatic heterocycles. The van der Waals surface area contributed by atoms with Gasteiger partial charge in [0.25, 0.3) is 5.91 Å². The number of nitrogens with two attached hydrogens (primary N) is 2. The standard InChI is InChI=1S/C14H13FN4O/c15-11-6-1-2-7-12(11)19-13(20)9-4-3-5-10(8-9)18-14(16)17/h1-8H,(H,19,20)(H4,16,17,18). The zero-order valence-corrected chi connectivity index (χ0v) is 10.5. The molecule has 0 aromatic heterocycles. The Bertz CT molecular complexity index is 666. The van der Waals surface area contributed by atoms with Gasteiger partial charge >= 0.3 is 0 Å². The van der Waals surface area contributed by atoms with E-state index in [1.807, 2.05) is 0 Å². The number of nitrogens with one attached hydrogen (secondary N) is 1. The van der Waals surface area contributed by atoms with Crippen LogP contribution in [0.4, 0.5) is 15.8 Å². The smallest absolute Gasteiger partial charge is 0.255 e. The van der Waals surface area contributed by atoms with E-state index in [1.54, 1.807) is 30.3 Å². The molecule has 0 unspecified atom stereocenters. The molecule has 0 spiro atoms. The van der Waals surface area contributed by atoms with Crippen LogP contribution in [0.25, 0.3) is 0 Å². The molecule has 0 heterocycles. The number of hydrogen-bond donors (Lipinski definition) is 3. The molecule has 5 nitrogen and oxygen atoms in total. The monoisotopic (exact) mass is 272 g/mol. The van der Waals surface area contributed by atoms with Crippen molar-refractivity contribution >= 4 is 23.2 Å². The van der Waals surface area contributed by atoms with Crippen LogP contribution in [0.2, 0.25) is 0 Å². The van der Waals surface area contributed by atoms with Crippen molar-refractivity contribution in [2.45, 2.75) is 0 Å². The summed E-state index contributed by atoms with van der Waals surface area (Å²) in [7, 11) is 0. The number of carbonyl (C=O) groups excluding carboxylic acids is 1. The van der Waals surface area contributed by atoms with Gasteiger partial charge in [-0.2, -0.15) is 0 Å². The minimum absolute atomic E-state index is 0.100. The summed E-state index contributed by atoms with van der Waals surface area (Å²) in [6.07, 6.45) is 0. The van der Waals surface area contributed by atoms with Crippen molar-refractivity contribution in [3.05, 3.63) is 59.9 Å². The van der Waals surface area contributed by atoms with Gasteiger partial charge in [0.2, 0.25) is 0 Å². The molecule has 0 atom stereocenters. The minimum Gasteiger partial charge on any atom is -0.370 e. The lowest BCUT2D eigenvalue weighted by Crippen LogP contribution is -2.22. The fourth-order valence-electron chi connectivity index (χ4n) is 1.62. The third kappa shape index (κ3) is 3.32. The van der Waals surface area contributed by atoms with Crippen molar-refractivity contribution < 1.29 is 9.18 Å². The van der Waals surface area contributed by atoms with E-state index in [-0.39, 0.29) is 11.6 Å². The Morgan fingerprint density at radius 3 is 2.55 bits per heavy atom. The molecule has 0 aliphatic carbocycles. The first-order chi connectivity index (χ1) is 9.56. The predicted octanol–water partition coefficient (Wildman–Crippen LogP) is 1.98. The predicted molar refractivity (Wildman–Crippen MR) is 76.3 cm³/mol. The van der Waals surface area contributed by atoms with E-state index in [0.29, 0.717) is 11.3 Å². The zero-order valence-electron chi connectivity index (χ0n) is 10.5. The van der Waals surface area contributed by atoms with Gasteiger partial charge in [-0.25, -0.2) is 9.38 Å². The van der Waals surface area contributed by atoms with E-state index in [9.17, 15) is 9.18 Å². The summed E-state index contributed by atoms with van der Waals surface area (Å²) in [4.78, 5) is 15.9. The van der Waals surface area contributed by atoms with E-state index in [2.05, 4.69) is 10.3 Å². The van der Waals surface area contributed by atoms with Crippen LogP contribution in [0.1, 0.15) is 10.4 Å². The van der Waals surface area contributed by atoms with Crippen molar-refractivity contribution in [1.29, 1.82) is 0 Å². The Kier molecular flexibility index (Phi) is 3.95. The van der Waals surface area contributed by atoms with Crippen molar-refractivity contribution in [2.24, 2.45) is 16.5 Å². The number of guanidine groups is 1. The molecule has 2 aromatic rings. The molecule has 0 radical (unpaired) electrons. The second kappa shape index (κ2) is 5.83. The third-order valence-corrected chi connectivity index (χ3v) is 2.49. The summed E-state index contributed by atoms with van der Waals surface area (Å²) in [6, 6.07) is 12.3. The first-order valence-corrected chi connectivity index (χ1v) is 5.82. The molecular formula is C14H13FN4O. The summed E-state index contributed by atoms with van der Waals surface area (Å²) >= 11 is 0. The number of hydrogen-bond acceptors (Lipinski definition) is 2. The lowest BCUT2D eigenvalue weighted by atomic mass is 10.2. The van der Waals surface area contributed by atoms with Gasteiger partial charge < -0.3 is 16.8 Å². The normalized spacial score (nSPS) is 9.85. The second-order valence-corrected chi connectivity index (χ2v) is 4.02. The maximum Gasteiger partial charge on any atom is 0.255 e. The average Bonchev–Trinajstić information content (AvgIpc) is 2.41. The molecule has 6 heteroatoms. The highest BCUT2D eigenvalue weighted by molar-refractivity contribution is 6.04. The molecule has 2 aromatic carbocycles. The van der Waals surface area contributed by atoms with Crippen LogP contribution >= 0.6 is 0 Å². The van der Waals surface area contributed by atoms with Gasteiger partial charge in [-0.1, -0.05) is 18.2 Å². The number of amides is 1. The van der Waals surface area contributed by atoms with E-state index in [0.717, 1.165) is 0 Å². The maximum atomic E-state index is 13.4. The van der Waals surface area contributed by atoms with Gasteiger partial charge in [-0.3, -0.25) is 4.79 Å². The van der Waals surface area contributed by atoms with Crippen molar-refractivity contribution in [2.75, 3.05) is 5.32 Å². The molecule has 0 saturated carbocycles. The number of nitrogens with zero attached hydrogens (tertiary/aromatic N) is 1. The zero-order chi connectivity index (χ0) is 14.5. The lowest BCUT2D eigenvalue weighted by molar-refractivity contribution is 0.102. The van der Waals surface area contributed by atoms with E-state index < -0.39 is 11.7 Å². The molecule has 0 bridgehead atoms. The Balaban J connectivity index is 2.22. The van der Waals surface area contributed by atoms with E-state index >= 15 is 0 Å². The summed E-state index contributed by atoms with van der Waals surface area (Å²) in [6.45, 7) is 0. The fraction of sp³-hybridized carbons (Fsp3) is 0. The summed E-state index contributed by atoms with van der Waals surface area (Å²) < 4.78 is 13.4. The first kappa shape index (κ1) is 13.5. The van der Waals surface area contributed by atoms with E-state index in [4.69, 9.17) is 11.5 Å². The van der Waals surface area contributed by atoms with Crippen LogP contribution in [0.3, 0.4) is 0 Å². The van der Waals surface area contributed by atoms with Crippen molar-refractivity contribution in [3.8, 4) is 0 Å². The Morgan fingerprint density at radius 2 is 1.85 bits per heavy atom. The molecule has 0 fully saturated rings. The van der Waals surface area contributed by atoms with Crippen LogP contribution in [0.15, 0.2) is 53.5 Å². The molecule has 1 amide bonds. The van der Waals surface area contributed by atoms with Gasteiger partial charge in [0.05, 0.1) is 11.4 Å². The number of rotatable bonds is 3. The van der Waals surface area contributed by atoms with Crippen molar-refractivity contribution in [1.82, 2.24) is 0 Å². The average molecular weight is 272 g/mol. The summed E-state index contributed by atoms with van der Waals surface area (Å²) in [5.41, 5.74) is 11.4. The van der Waals surface area contributed by atoms with Gasteiger partial charge in [0.15, 0.2) is 5.96 Å². The fourth-order valence-corrected chi connectivity index (χ4v) is 1.62. The largest absolute Gasteiger partial charge is 0.370 e. The molecular weight excluding hydrogens is 259 g/mol. The first-order valence-electron chi connectivity index (χ1n) is 5.82. The number of benzene rings is 2. The highest BCUT2D eigenvalue weighted by atomic mass is 19.1. The third-order valence-electron chi connectivity index (χ3n) is 2.49. The van der Waals surface area contributed by atoms with Gasteiger partial charge in [-0.15, -0.1) is 0 Å². The molecule has 5 N–H and O–H groups in total. The Labute approximate surface area is 115 Å². The topological polar surface area (TPSA) is 93.5 Å². The molecule has 0 saturated heterocycles. The van der Waals surface area contributed by atoms with Crippen LogP contribution in [-0.4, -0.2) is 11.9 Å². The lowest BCUT2D eigenvalue weighted by Gasteiger charge is -2.06. The summed E-state index contributed by atoms with van der Waals surface area (Å²) in [5, 5.41) is 2.48. The Morgan fingerprint density at radius 1 is 1.10 bits per heavy atom. The van der Waals surface area contributed by atoms with Crippen molar-refractivity contribution in [3.63, 3.8) is 0 Å². The van der Waals surface area contributed by atoms with Gasteiger partial charge in [0, 0.05) is 5.56 Å². The number of aliphatic imine (C=N–C) groups is 1. The highest BCUT2D eigenvalue weighted by Gasteiger charge is 2.09. The second-order valence-electron chi connectivity index (χ2n) is 4.02. The van der Waals surface area contributed by atoms with Crippen LogP contribution in [0, 0.1) is 5.82 Å². The quantitative estimate of drug-likeness (QED) is 0.589. The number of halogens is 1. The van der Waals surface area contributed by atoms with E-state index in [1.165, 1.54) is 18.2 Å². The molecule has 102 valence electrons. The minimum atomic E-state index is -0.499.